The van der Waals surface area contributed by atoms with Crippen LogP contribution in [0.5, 0.6) is 0 Å². The summed E-state index contributed by atoms with van der Waals surface area (Å²) in [5.41, 5.74) is 8.98. The molecule has 0 saturated carbocycles. The predicted octanol–water partition coefficient (Wildman–Crippen LogP) is 4.38. The lowest BCUT2D eigenvalue weighted by molar-refractivity contribution is 1.26. The van der Waals surface area contributed by atoms with Gasteiger partial charge in [-0.15, -0.1) is 0 Å². The molecule has 1 heterocycles. The monoisotopic (exact) mass is 325 g/mol. The normalized spacial score (nSPS) is 10.4. The third-order valence-corrected chi connectivity index (χ3v) is 3.83. The van der Waals surface area contributed by atoms with Gasteiger partial charge in [0.15, 0.2) is 0 Å². The molecule has 1 aromatic carbocycles. The van der Waals surface area contributed by atoms with Crippen molar-refractivity contribution in [2.24, 2.45) is 5.73 Å². The molecule has 6 heteroatoms. The Balaban J connectivity index is 2.48. The van der Waals surface area contributed by atoms with Crippen LogP contribution in [0, 0.1) is 13.8 Å². The number of hydrogen-bond acceptors (Lipinski definition) is 3. The van der Waals surface area contributed by atoms with Crippen molar-refractivity contribution >= 4 is 51.9 Å². The first kappa shape index (κ1) is 15.0. The first-order chi connectivity index (χ1) is 9.40. The number of hydrogen-bond donors (Lipinski definition) is 2. The largest absolute Gasteiger partial charge is 0.389 e. The molecule has 0 radical (unpaired) electrons. The lowest BCUT2D eigenvalue weighted by atomic mass is 10.1. The van der Waals surface area contributed by atoms with Crippen LogP contribution in [0.25, 0.3) is 0 Å². The molecule has 20 heavy (non-hydrogen) atoms. The lowest BCUT2D eigenvalue weighted by Gasteiger charge is -2.14. The minimum atomic E-state index is 0.285. The average Bonchev–Trinajstić information content (AvgIpc) is 2.35. The third-order valence-electron chi connectivity index (χ3n) is 2.91. The van der Waals surface area contributed by atoms with Gasteiger partial charge in [0.1, 0.15) is 10.8 Å². The van der Waals surface area contributed by atoms with Crippen LogP contribution in [0.2, 0.25) is 10.0 Å². The Morgan fingerprint density at radius 1 is 1.20 bits per heavy atom. The molecule has 3 N–H and O–H groups in total. The second-order valence-electron chi connectivity index (χ2n) is 4.42. The summed E-state index contributed by atoms with van der Waals surface area (Å²) in [5.74, 6) is 0.569. The molecule has 1 aromatic heterocycles. The van der Waals surface area contributed by atoms with Gasteiger partial charge >= 0.3 is 0 Å². The molecule has 0 aliphatic rings. The van der Waals surface area contributed by atoms with Crippen molar-refractivity contribution in [3.05, 3.63) is 51.1 Å². The fourth-order valence-electron chi connectivity index (χ4n) is 1.83. The summed E-state index contributed by atoms with van der Waals surface area (Å²) in [5, 5.41) is 4.32. The number of rotatable bonds is 3. The Hall–Kier alpha value is -1.36. The van der Waals surface area contributed by atoms with Crippen molar-refractivity contribution in [3.8, 4) is 0 Å². The maximum Gasteiger partial charge on any atom is 0.140 e. The first-order valence-corrected chi connectivity index (χ1v) is 7.04. The number of anilines is 2. The van der Waals surface area contributed by atoms with Gasteiger partial charge in [0, 0.05) is 11.2 Å². The molecule has 104 valence electrons. The van der Waals surface area contributed by atoms with Crippen molar-refractivity contribution in [1.82, 2.24) is 4.98 Å². The zero-order valence-corrected chi connectivity index (χ0v) is 13.3. The molecule has 3 nitrogen and oxygen atoms in total. The molecule has 0 spiro atoms. The number of thiocarbonyl (C=S) groups is 1. The molecular formula is C14H13Cl2N3S. The van der Waals surface area contributed by atoms with Gasteiger partial charge in [-0.3, -0.25) is 0 Å². The number of benzene rings is 1. The van der Waals surface area contributed by atoms with E-state index < -0.39 is 0 Å². The van der Waals surface area contributed by atoms with Crippen molar-refractivity contribution < 1.29 is 0 Å². The topological polar surface area (TPSA) is 50.9 Å². The minimum absolute atomic E-state index is 0.285. The van der Waals surface area contributed by atoms with E-state index in [1.807, 2.05) is 19.9 Å². The number of aryl methyl sites for hydroxylation is 2. The summed E-state index contributed by atoms with van der Waals surface area (Å²) in [6, 6.07) is 5.40. The second kappa shape index (κ2) is 5.95. The van der Waals surface area contributed by atoms with Gasteiger partial charge in [-0.1, -0.05) is 35.4 Å². The van der Waals surface area contributed by atoms with Crippen molar-refractivity contribution in [1.29, 1.82) is 0 Å². The Morgan fingerprint density at radius 3 is 2.55 bits per heavy atom. The van der Waals surface area contributed by atoms with E-state index >= 15 is 0 Å². The maximum absolute atomic E-state index is 6.21. The molecule has 0 atom stereocenters. The molecule has 0 saturated heterocycles. The van der Waals surface area contributed by atoms with Crippen LogP contribution in [0.4, 0.5) is 11.5 Å². The molecule has 0 fully saturated rings. The highest BCUT2D eigenvalue weighted by Gasteiger charge is 2.12. The lowest BCUT2D eigenvalue weighted by Crippen LogP contribution is -2.14. The van der Waals surface area contributed by atoms with Gasteiger partial charge in [-0.25, -0.2) is 4.98 Å². The van der Waals surface area contributed by atoms with Crippen molar-refractivity contribution in [2.45, 2.75) is 13.8 Å². The van der Waals surface area contributed by atoms with Crippen LogP contribution in [-0.4, -0.2) is 9.97 Å². The van der Waals surface area contributed by atoms with Gasteiger partial charge in [0.2, 0.25) is 0 Å². The summed E-state index contributed by atoms with van der Waals surface area (Å²) in [4.78, 5) is 4.55. The van der Waals surface area contributed by atoms with Gasteiger partial charge in [-0.2, -0.15) is 0 Å². The number of nitrogens with zero attached hydrogens (tertiary/aromatic N) is 1. The number of halogens is 2. The van der Waals surface area contributed by atoms with E-state index in [0.717, 1.165) is 11.1 Å². The molecular weight excluding hydrogens is 313 g/mol. The highest BCUT2D eigenvalue weighted by Crippen LogP contribution is 2.31. The van der Waals surface area contributed by atoms with Crippen molar-refractivity contribution in [3.63, 3.8) is 0 Å². The van der Waals surface area contributed by atoms with E-state index in [9.17, 15) is 0 Å². The van der Waals surface area contributed by atoms with Crippen LogP contribution in [0.15, 0.2) is 24.4 Å². The third kappa shape index (κ3) is 3.03. The fraction of sp³-hybridized carbons (Fsp3) is 0.143. The van der Waals surface area contributed by atoms with Crippen LogP contribution >= 0.6 is 35.4 Å². The summed E-state index contributed by atoms with van der Waals surface area (Å²) in [7, 11) is 0. The SMILES string of the molecule is Cc1cc(Cl)c(Nc2nccc(C)c2C(N)=S)cc1Cl. The zero-order chi connectivity index (χ0) is 14.9. The molecule has 2 aromatic rings. The molecule has 0 bridgehead atoms. The quantitative estimate of drug-likeness (QED) is 0.822. The number of pyridine rings is 1. The van der Waals surface area contributed by atoms with E-state index in [0.29, 0.717) is 27.1 Å². The Bertz CT molecular complexity index is 686. The van der Waals surface area contributed by atoms with Crippen LogP contribution in [-0.2, 0) is 0 Å². The first-order valence-electron chi connectivity index (χ1n) is 5.88. The fourth-order valence-corrected chi connectivity index (χ4v) is 2.52. The standard InChI is InChI=1S/C14H13Cl2N3S/c1-7-3-4-18-14(12(7)13(17)20)19-11-6-9(15)8(2)5-10(11)16/h3-6H,1-2H3,(H2,17,20)(H,18,19). The average molecular weight is 326 g/mol. The number of aromatic nitrogens is 1. The van der Waals surface area contributed by atoms with E-state index in [1.165, 1.54) is 0 Å². The Kier molecular flexibility index (Phi) is 4.48. The van der Waals surface area contributed by atoms with Gasteiger partial charge in [0.25, 0.3) is 0 Å². The van der Waals surface area contributed by atoms with Crippen LogP contribution in [0.3, 0.4) is 0 Å². The molecule has 0 amide bonds. The highest BCUT2D eigenvalue weighted by atomic mass is 35.5. The Labute approximate surface area is 133 Å². The molecule has 0 aliphatic heterocycles. The van der Waals surface area contributed by atoms with Gasteiger partial charge in [-0.05, 0) is 43.2 Å². The maximum atomic E-state index is 6.21. The molecule has 0 unspecified atom stereocenters. The van der Waals surface area contributed by atoms with E-state index in [2.05, 4.69) is 10.3 Å². The zero-order valence-electron chi connectivity index (χ0n) is 11.0. The van der Waals surface area contributed by atoms with Gasteiger partial charge < -0.3 is 11.1 Å². The van der Waals surface area contributed by atoms with E-state index in [-0.39, 0.29) is 4.99 Å². The Morgan fingerprint density at radius 2 is 1.90 bits per heavy atom. The molecule has 2 rings (SSSR count). The smallest absolute Gasteiger partial charge is 0.140 e. The number of nitrogens with two attached hydrogens (primary N) is 1. The predicted molar refractivity (Wildman–Crippen MR) is 89.3 cm³/mol. The summed E-state index contributed by atoms with van der Waals surface area (Å²) < 4.78 is 0. The molecule has 0 aliphatic carbocycles. The second-order valence-corrected chi connectivity index (χ2v) is 5.68. The summed E-state index contributed by atoms with van der Waals surface area (Å²) >= 11 is 17.4. The van der Waals surface area contributed by atoms with E-state index in [1.54, 1.807) is 18.3 Å². The number of nitrogens with one attached hydrogen (secondary N) is 1. The highest BCUT2D eigenvalue weighted by molar-refractivity contribution is 7.80. The van der Waals surface area contributed by atoms with Gasteiger partial charge in [0.05, 0.1) is 16.3 Å². The summed E-state index contributed by atoms with van der Waals surface area (Å²) in [6.45, 7) is 3.81. The van der Waals surface area contributed by atoms with E-state index in [4.69, 9.17) is 41.2 Å². The minimum Gasteiger partial charge on any atom is -0.389 e. The summed E-state index contributed by atoms with van der Waals surface area (Å²) in [6.07, 6.45) is 1.68. The van der Waals surface area contributed by atoms with Crippen LogP contribution < -0.4 is 11.1 Å². The van der Waals surface area contributed by atoms with Crippen LogP contribution in [0.1, 0.15) is 16.7 Å². The van der Waals surface area contributed by atoms with Crippen molar-refractivity contribution in [2.75, 3.05) is 5.32 Å².